The van der Waals surface area contributed by atoms with Crippen molar-refractivity contribution in [1.29, 1.82) is 0 Å². The second-order valence-corrected chi connectivity index (χ2v) is 8.82. The number of halogens is 2. The normalized spacial score (nSPS) is 24.7. The summed E-state index contributed by atoms with van der Waals surface area (Å²) in [5, 5.41) is 13.6. The largest absolute Gasteiger partial charge is 0.389 e. The number of aromatic nitrogens is 2. The van der Waals surface area contributed by atoms with Crippen molar-refractivity contribution < 1.29 is 14.2 Å². The number of hydrogen-bond acceptors (Lipinski definition) is 6. The molecule has 5 rings (SSSR count). The highest BCUT2D eigenvalue weighted by atomic mass is 35.5. The van der Waals surface area contributed by atoms with Crippen molar-refractivity contribution in [3.63, 3.8) is 0 Å². The Bertz CT molecular complexity index is 1020. The van der Waals surface area contributed by atoms with Gasteiger partial charge in [-0.3, -0.25) is 4.99 Å². The molecule has 2 N–H and O–H groups in total. The van der Waals surface area contributed by atoms with Gasteiger partial charge >= 0.3 is 0 Å². The molecule has 3 heterocycles. The van der Waals surface area contributed by atoms with Gasteiger partial charge in [-0.15, -0.1) is 0 Å². The third-order valence-electron chi connectivity index (χ3n) is 6.67. The number of fused-ring (bicyclic) bond motifs is 2. The highest BCUT2D eigenvalue weighted by Gasteiger charge is 2.44. The fourth-order valence-electron chi connectivity index (χ4n) is 4.99. The van der Waals surface area contributed by atoms with Gasteiger partial charge < -0.3 is 15.2 Å². The molecule has 1 aromatic carbocycles. The van der Waals surface area contributed by atoms with Crippen molar-refractivity contribution in [2.24, 2.45) is 4.99 Å². The van der Waals surface area contributed by atoms with Crippen LogP contribution in [0.1, 0.15) is 44.6 Å². The van der Waals surface area contributed by atoms with Crippen LogP contribution in [-0.4, -0.2) is 46.1 Å². The number of benzene rings is 1. The number of ether oxygens (including phenoxy) is 1. The van der Waals surface area contributed by atoms with Gasteiger partial charge in [0.15, 0.2) is 0 Å². The Morgan fingerprint density at radius 3 is 2.87 bits per heavy atom. The molecule has 3 aliphatic rings. The molecule has 0 amide bonds. The molecule has 2 fully saturated rings. The van der Waals surface area contributed by atoms with Gasteiger partial charge in [0.05, 0.1) is 35.7 Å². The van der Waals surface area contributed by atoms with Gasteiger partial charge in [-0.25, -0.2) is 14.4 Å². The molecule has 2 atom stereocenters. The highest BCUT2D eigenvalue weighted by Crippen LogP contribution is 2.52. The Morgan fingerprint density at radius 1 is 1.30 bits per heavy atom. The quantitative estimate of drug-likeness (QED) is 0.753. The second-order valence-electron chi connectivity index (χ2n) is 8.41. The summed E-state index contributed by atoms with van der Waals surface area (Å²) < 4.78 is 20.3. The maximum absolute atomic E-state index is 15.0. The molecule has 0 unspecified atom stereocenters. The molecule has 1 saturated heterocycles. The first-order valence-corrected chi connectivity index (χ1v) is 10.8. The molecule has 1 aromatic heterocycles. The Morgan fingerprint density at radius 2 is 2.10 bits per heavy atom. The summed E-state index contributed by atoms with van der Waals surface area (Å²) in [7, 11) is 0. The molecule has 0 bridgehead atoms. The molecule has 158 valence electrons. The van der Waals surface area contributed by atoms with Crippen LogP contribution < -0.4 is 5.32 Å². The van der Waals surface area contributed by atoms with Crippen LogP contribution in [0.5, 0.6) is 0 Å². The summed E-state index contributed by atoms with van der Waals surface area (Å²) in [5.41, 5.74) is 3.30. The van der Waals surface area contributed by atoms with E-state index in [2.05, 4.69) is 20.3 Å². The minimum absolute atomic E-state index is 0.168. The molecule has 6 nitrogen and oxygen atoms in total. The monoisotopic (exact) mass is 430 g/mol. The van der Waals surface area contributed by atoms with Crippen LogP contribution >= 0.6 is 11.6 Å². The Hall–Kier alpha value is -2.09. The van der Waals surface area contributed by atoms with Crippen molar-refractivity contribution in [1.82, 2.24) is 9.97 Å². The van der Waals surface area contributed by atoms with E-state index in [4.69, 9.17) is 16.3 Å². The third-order valence-corrected chi connectivity index (χ3v) is 6.94. The second kappa shape index (κ2) is 7.55. The molecule has 8 heteroatoms. The smallest absolute Gasteiger partial charge is 0.223 e. The molecule has 30 heavy (non-hydrogen) atoms. The predicted octanol–water partition coefficient (Wildman–Crippen LogP) is 4.42. The molecular formula is C22H24ClFN4O2. The van der Waals surface area contributed by atoms with Gasteiger partial charge in [0.25, 0.3) is 0 Å². The number of aliphatic imine (C=N–C) groups is 1. The highest BCUT2D eigenvalue weighted by molar-refractivity contribution is 6.33. The number of aliphatic hydroxyl groups is 1. The molecule has 1 saturated carbocycles. The summed E-state index contributed by atoms with van der Waals surface area (Å²) in [5.74, 6) is -0.000989. The Labute approximate surface area is 179 Å². The van der Waals surface area contributed by atoms with Crippen molar-refractivity contribution in [3.8, 4) is 11.3 Å². The maximum atomic E-state index is 15.0. The van der Waals surface area contributed by atoms with Gasteiger partial charge in [0, 0.05) is 23.3 Å². The zero-order chi connectivity index (χ0) is 20.9. The molecule has 1 spiro atoms. The lowest BCUT2D eigenvalue weighted by Crippen LogP contribution is -2.42. The first-order chi connectivity index (χ1) is 14.5. The summed E-state index contributed by atoms with van der Waals surface area (Å²) >= 11 is 6.41. The minimum Gasteiger partial charge on any atom is -0.389 e. The summed E-state index contributed by atoms with van der Waals surface area (Å²) in [6, 6.07) is 3.23. The van der Waals surface area contributed by atoms with E-state index in [1.807, 2.05) is 13.0 Å². The van der Waals surface area contributed by atoms with Gasteiger partial charge in [-0.1, -0.05) is 24.4 Å². The van der Waals surface area contributed by atoms with E-state index in [1.165, 1.54) is 12.3 Å². The van der Waals surface area contributed by atoms with Crippen molar-refractivity contribution in [2.45, 2.75) is 56.6 Å². The molecular weight excluding hydrogens is 407 g/mol. The van der Waals surface area contributed by atoms with Gasteiger partial charge in [-0.05, 0) is 43.9 Å². The average Bonchev–Trinajstić information content (AvgIpc) is 3.33. The first-order valence-electron chi connectivity index (χ1n) is 10.4. The van der Waals surface area contributed by atoms with E-state index in [1.54, 1.807) is 0 Å². The number of hydrogen-bond donors (Lipinski definition) is 2. The van der Waals surface area contributed by atoms with E-state index >= 15 is 4.39 Å². The van der Waals surface area contributed by atoms with Gasteiger partial charge in [0.1, 0.15) is 11.5 Å². The van der Waals surface area contributed by atoms with Gasteiger partial charge in [0.2, 0.25) is 5.95 Å². The maximum Gasteiger partial charge on any atom is 0.223 e. The van der Waals surface area contributed by atoms with Crippen LogP contribution in [0.4, 0.5) is 16.0 Å². The SMILES string of the molecule is CC1=Nc2c(F)cc(-c3nc(N[C@@H]4CCOC[C@H]4O)ncc3Cl)cc2C12CCCC2. The fraction of sp³-hybridized carbons (Fsp3) is 0.500. The lowest BCUT2D eigenvalue weighted by Gasteiger charge is -2.28. The average molecular weight is 431 g/mol. The predicted molar refractivity (Wildman–Crippen MR) is 114 cm³/mol. The minimum atomic E-state index is -0.638. The number of anilines is 1. The van der Waals surface area contributed by atoms with E-state index in [9.17, 15) is 5.11 Å². The van der Waals surface area contributed by atoms with E-state index in [0.717, 1.165) is 37.0 Å². The van der Waals surface area contributed by atoms with Crippen LogP contribution in [0.2, 0.25) is 5.02 Å². The van der Waals surface area contributed by atoms with Gasteiger partial charge in [-0.2, -0.15) is 0 Å². The summed E-state index contributed by atoms with van der Waals surface area (Å²) in [4.78, 5) is 13.4. The van der Waals surface area contributed by atoms with Crippen LogP contribution in [0.15, 0.2) is 23.3 Å². The number of rotatable bonds is 3. The molecule has 2 aliphatic heterocycles. The van der Waals surface area contributed by atoms with Crippen LogP contribution in [0.25, 0.3) is 11.3 Å². The number of nitrogens with one attached hydrogen (secondary N) is 1. The van der Waals surface area contributed by atoms with Crippen LogP contribution in [-0.2, 0) is 10.2 Å². The summed E-state index contributed by atoms with van der Waals surface area (Å²) in [6.45, 7) is 2.84. The Kier molecular flexibility index (Phi) is 5.00. The third kappa shape index (κ3) is 3.20. The molecule has 1 aliphatic carbocycles. The van der Waals surface area contributed by atoms with Crippen molar-refractivity contribution >= 4 is 28.9 Å². The number of aliphatic hydroxyl groups excluding tert-OH is 1. The zero-order valence-electron chi connectivity index (χ0n) is 16.8. The fourth-order valence-corrected chi connectivity index (χ4v) is 5.19. The lowest BCUT2D eigenvalue weighted by molar-refractivity contribution is -0.0136. The Balaban J connectivity index is 1.52. The first kappa shape index (κ1) is 19.8. The van der Waals surface area contributed by atoms with Crippen LogP contribution in [0, 0.1) is 5.82 Å². The summed E-state index contributed by atoms with van der Waals surface area (Å²) in [6.07, 6.45) is 5.74. The van der Waals surface area contributed by atoms with Crippen molar-refractivity contribution in [3.05, 3.63) is 34.7 Å². The zero-order valence-corrected chi connectivity index (χ0v) is 17.5. The lowest BCUT2D eigenvalue weighted by atomic mass is 9.76. The number of nitrogens with zero attached hydrogens (tertiary/aromatic N) is 3. The van der Waals surface area contributed by atoms with Crippen molar-refractivity contribution in [2.75, 3.05) is 18.5 Å². The van der Waals surface area contributed by atoms with E-state index in [0.29, 0.717) is 40.9 Å². The topological polar surface area (TPSA) is 79.6 Å². The van der Waals surface area contributed by atoms with E-state index in [-0.39, 0.29) is 23.9 Å². The molecule has 0 radical (unpaired) electrons. The molecule has 2 aromatic rings. The van der Waals surface area contributed by atoms with Crippen LogP contribution in [0.3, 0.4) is 0 Å². The van der Waals surface area contributed by atoms with E-state index < -0.39 is 6.10 Å². The standard InChI is InChI=1S/C22H24ClFN4O2/c1-12-22(5-2-3-6-22)14-8-13(9-16(24)20(14)26-12)19-15(23)10-25-21(28-19)27-17-4-7-30-11-18(17)29/h8-10,17-18,29H,2-7,11H2,1H3,(H,25,27,28)/t17-,18-/m1/s1.